The zero-order chi connectivity index (χ0) is 34.1. The van der Waals surface area contributed by atoms with E-state index >= 15 is 0 Å². The lowest BCUT2D eigenvalue weighted by molar-refractivity contribution is -0.132. The van der Waals surface area contributed by atoms with Crippen LogP contribution in [0.5, 0.6) is 0 Å². The minimum absolute atomic E-state index is 0.374. The van der Waals surface area contributed by atoms with Crippen molar-refractivity contribution >= 4 is 5.91 Å². The number of hydrogen-bond acceptors (Lipinski definition) is 5. The molecule has 0 heterocycles. The summed E-state index contributed by atoms with van der Waals surface area (Å²) < 4.78 is 0. The minimum Gasteiger partial charge on any atom is -0.394 e. The van der Waals surface area contributed by atoms with E-state index in [1.54, 1.807) is 0 Å². The maximum atomic E-state index is 12.5. The van der Waals surface area contributed by atoms with Crippen molar-refractivity contribution < 1.29 is 25.2 Å². The molecule has 0 radical (unpaired) electrons. The van der Waals surface area contributed by atoms with Crippen molar-refractivity contribution in [1.29, 1.82) is 0 Å². The van der Waals surface area contributed by atoms with Crippen LogP contribution in [0.1, 0.15) is 213 Å². The van der Waals surface area contributed by atoms with Crippen molar-refractivity contribution in [2.45, 2.75) is 238 Å². The van der Waals surface area contributed by atoms with Crippen LogP contribution in [0.2, 0.25) is 0 Å². The van der Waals surface area contributed by atoms with Crippen LogP contribution < -0.4 is 5.32 Å². The van der Waals surface area contributed by atoms with Crippen molar-refractivity contribution in [1.82, 2.24) is 5.32 Å². The summed E-state index contributed by atoms with van der Waals surface area (Å²) in [6, 6.07) is -0.978. The molecular formula is C40H81NO5. The Hall–Kier alpha value is -0.690. The Balaban J connectivity index is 3.71. The molecule has 0 aliphatic carbocycles. The van der Waals surface area contributed by atoms with Crippen molar-refractivity contribution in [2.24, 2.45) is 5.92 Å². The summed E-state index contributed by atoms with van der Waals surface area (Å²) in [6.45, 7) is 6.39. The van der Waals surface area contributed by atoms with Crippen molar-refractivity contribution in [3.05, 3.63) is 0 Å². The molecule has 6 heteroatoms. The van der Waals surface area contributed by atoms with E-state index in [1.165, 1.54) is 141 Å². The van der Waals surface area contributed by atoms with E-state index in [-0.39, 0.29) is 0 Å². The highest BCUT2D eigenvalue weighted by molar-refractivity contribution is 5.80. The van der Waals surface area contributed by atoms with Gasteiger partial charge in [-0.3, -0.25) is 4.79 Å². The molecule has 0 aliphatic heterocycles. The summed E-state index contributed by atoms with van der Waals surface area (Å²) in [5.74, 6) is 0.269. The summed E-state index contributed by atoms with van der Waals surface area (Å²) in [7, 11) is 0. The normalized spacial score (nSPS) is 14.4. The molecule has 6 nitrogen and oxygen atoms in total. The lowest BCUT2D eigenvalue weighted by atomic mass is 9.99. The molecule has 0 fully saturated rings. The third-order valence-electron chi connectivity index (χ3n) is 9.75. The van der Waals surface area contributed by atoms with Gasteiger partial charge in [-0.2, -0.15) is 0 Å². The highest BCUT2D eigenvalue weighted by atomic mass is 16.3. The van der Waals surface area contributed by atoms with Crippen LogP contribution in [0, 0.1) is 5.92 Å². The first kappa shape index (κ1) is 45.3. The zero-order valence-corrected chi connectivity index (χ0v) is 31.0. The summed E-state index contributed by atoms with van der Waals surface area (Å²) in [4.78, 5) is 12.5. The van der Waals surface area contributed by atoms with Gasteiger partial charge in [-0.05, 0) is 18.8 Å². The molecule has 0 rings (SSSR count). The summed E-state index contributed by atoms with van der Waals surface area (Å²) in [5.41, 5.74) is 0. The van der Waals surface area contributed by atoms with Crippen LogP contribution in [0.3, 0.4) is 0 Å². The minimum atomic E-state index is -1.25. The Kier molecular flexibility index (Phi) is 33.7. The van der Waals surface area contributed by atoms with E-state index in [0.29, 0.717) is 12.8 Å². The quantitative estimate of drug-likeness (QED) is 0.0432. The Labute approximate surface area is 286 Å². The van der Waals surface area contributed by atoms with Gasteiger partial charge in [-0.1, -0.05) is 201 Å². The largest absolute Gasteiger partial charge is 0.394 e. The first-order valence-corrected chi connectivity index (χ1v) is 20.3. The van der Waals surface area contributed by atoms with Crippen LogP contribution in [0.25, 0.3) is 0 Å². The number of carbonyl (C=O) groups is 1. The van der Waals surface area contributed by atoms with Crippen molar-refractivity contribution in [3.8, 4) is 0 Å². The molecule has 1 amide bonds. The molecule has 0 aromatic heterocycles. The predicted octanol–water partition coefficient (Wildman–Crippen LogP) is 9.93. The number of nitrogens with one attached hydrogen (secondary N) is 1. The van der Waals surface area contributed by atoms with Gasteiger partial charge in [0.2, 0.25) is 5.91 Å². The van der Waals surface area contributed by atoms with E-state index in [1.807, 2.05) is 0 Å². The number of aliphatic hydroxyl groups excluding tert-OH is 4. The summed E-state index contributed by atoms with van der Waals surface area (Å²) in [5, 5.41) is 43.5. The molecule has 0 saturated heterocycles. The molecular weight excluding hydrogens is 574 g/mol. The Morgan fingerprint density at radius 1 is 0.500 bits per heavy atom. The Morgan fingerprint density at radius 3 is 1.17 bits per heavy atom. The van der Waals surface area contributed by atoms with Gasteiger partial charge in [0.25, 0.3) is 0 Å². The molecule has 5 N–H and O–H groups in total. The van der Waals surface area contributed by atoms with Gasteiger partial charge in [0, 0.05) is 0 Å². The van der Waals surface area contributed by atoms with Gasteiger partial charge in [0.05, 0.1) is 18.8 Å². The van der Waals surface area contributed by atoms with Crippen LogP contribution in [-0.2, 0) is 4.79 Å². The molecule has 0 unspecified atom stereocenters. The fraction of sp³-hybridized carbons (Fsp3) is 0.975. The lowest BCUT2D eigenvalue weighted by Crippen LogP contribution is -2.53. The first-order valence-electron chi connectivity index (χ1n) is 20.3. The highest BCUT2D eigenvalue weighted by Crippen LogP contribution is 2.17. The SMILES string of the molecule is CCCCCCCCCCCCC[C@@H](O)[C@@H](O)[C@H](CO)NC(=O)[C@H](O)CCCCCCCCCCCCCCCCCCC(C)C. The molecule has 0 saturated carbocycles. The highest BCUT2D eigenvalue weighted by Gasteiger charge is 2.28. The third-order valence-corrected chi connectivity index (χ3v) is 9.75. The fourth-order valence-corrected chi connectivity index (χ4v) is 6.47. The predicted molar refractivity (Wildman–Crippen MR) is 196 cm³/mol. The lowest BCUT2D eigenvalue weighted by Gasteiger charge is -2.27. The molecule has 276 valence electrons. The molecule has 0 aromatic carbocycles. The Morgan fingerprint density at radius 2 is 0.826 bits per heavy atom. The number of unbranched alkanes of at least 4 members (excludes halogenated alkanes) is 25. The van der Waals surface area contributed by atoms with Gasteiger partial charge < -0.3 is 25.7 Å². The van der Waals surface area contributed by atoms with E-state index in [4.69, 9.17) is 0 Å². The summed E-state index contributed by atoms with van der Waals surface area (Å²) >= 11 is 0. The third kappa shape index (κ3) is 29.4. The first-order chi connectivity index (χ1) is 22.3. The standard InChI is InChI=1S/C40H81NO5/c1-4-5-6-7-8-9-16-20-23-26-29-32-37(43)39(45)36(34-42)41-40(46)38(44)33-30-27-24-21-18-15-13-11-10-12-14-17-19-22-25-28-31-35(2)3/h35-39,42-45H,4-34H2,1-3H3,(H,41,46)/t36-,37+,38+,39-/m0/s1. The van der Waals surface area contributed by atoms with Crippen LogP contribution in [-0.4, -0.2) is 57.3 Å². The van der Waals surface area contributed by atoms with Gasteiger partial charge in [0.15, 0.2) is 0 Å². The maximum Gasteiger partial charge on any atom is 0.249 e. The molecule has 0 spiro atoms. The van der Waals surface area contributed by atoms with E-state index in [0.717, 1.165) is 44.4 Å². The molecule has 0 bridgehead atoms. The Bertz CT molecular complexity index is 631. The molecule has 0 aliphatic rings. The monoisotopic (exact) mass is 656 g/mol. The van der Waals surface area contributed by atoms with Crippen molar-refractivity contribution in [3.63, 3.8) is 0 Å². The molecule has 46 heavy (non-hydrogen) atoms. The van der Waals surface area contributed by atoms with E-state index in [9.17, 15) is 25.2 Å². The number of rotatable bonds is 36. The second-order valence-corrected chi connectivity index (χ2v) is 14.8. The van der Waals surface area contributed by atoms with Crippen LogP contribution in [0.4, 0.5) is 0 Å². The number of amides is 1. The number of carbonyl (C=O) groups excluding carboxylic acids is 1. The van der Waals surface area contributed by atoms with E-state index < -0.39 is 36.9 Å². The number of hydrogen-bond donors (Lipinski definition) is 5. The maximum absolute atomic E-state index is 12.5. The second-order valence-electron chi connectivity index (χ2n) is 14.8. The van der Waals surface area contributed by atoms with Gasteiger partial charge in [-0.15, -0.1) is 0 Å². The molecule has 0 aromatic rings. The van der Waals surface area contributed by atoms with E-state index in [2.05, 4.69) is 26.1 Å². The van der Waals surface area contributed by atoms with Crippen LogP contribution >= 0.6 is 0 Å². The fourth-order valence-electron chi connectivity index (χ4n) is 6.47. The zero-order valence-electron chi connectivity index (χ0n) is 31.0. The average molecular weight is 656 g/mol. The van der Waals surface area contributed by atoms with Gasteiger partial charge >= 0.3 is 0 Å². The molecule has 4 atom stereocenters. The summed E-state index contributed by atoms with van der Waals surface area (Å²) in [6.07, 6.45) is 32.7. The topological polar surface area (TPSA) is 110 Å². The van der Waals surface area contributed by atoms with Crippen molar-refractivity contribution in [2.75, 3.05) is 6.61 Å². The smallest absolute Gasteiger partial charge is 0.249 e. The number of aliphatic hydroxyl groups is 4. The average Bonchev–Trinajstić information content (AvgIpc) is 3.04. The van der Waals surface area contributed by atoms with Gasteiger partial charge in [-0.25, -0.2) is 0 Å². The van der Waals surface area contributed by atoms with Crippen LogP contribution in [0.15, 0.2) is 0 Å². The second kappa shape index (κ2) is 34.2. The van der Waals surface area contributed by atoms with Gasteiger partial charge in [0.1, 0.15) is 12.2 Å².